The van der Waals surface area contributed by atoms with Crippen molar-refractivity contribution in [2.75, 3.05) is 6.54 Å². The molecule has 2 amide bonds. The van der Waals surface area contributed by atoms with Crippen molar-refractivity contribution in [2.45, 2.75) is 38.3 Å². The number of carbonyl (C=O) groups is 2. The zero-order chi connectivity index (χ0) is 16.7. The van der Waals surface area contributed by atoms with Gasteiger partial charge in [-0.15, -0.1) is 0 Å². The van der Waals surface area contributed by atoms with Crippen molar-refractivity contribution in [1.82, 2.24) is 15.2 Å². The fourth-order valence-corrected chi connectivity index (χ4v) is 3.59. The number of aromatic amines is 1. The van der Waals surface area contributed by atoms with Gasteiger partial charge in [0.15, 0.2) is 0 Å². The summed E-state index contributed by atoms with van der Waals surface area (Å²) in [6.07, 6.45) is 3.30. The van der Waals surface area contributed by atoms with Gasteiger partial charge in [0, 0.05) is 40.6 Å². The Morgan fingerprint density at radius 2 is 2.12 bits per heavy atom. The van der Waals surface area contributed by atoms with Crippen molar-refractivity contribution in [1.29, 1.82) is 0 Å². The Morgan fingerprint density at radius 1 is 1.29 bits per heavy atom. The van der Waals surface area contributed by atoms with E-state index in [1.165, 1.54) is 0 Å². The molecule has 1 aliphatic heterocycles. The molecule has 1 aromatic carbocycles. The number of fused-ring (bicyclic) bond motifs is 1. The molecule has 1 aromatic heterocycles. The third-order valence-corrected chi connectivity index (χ3v) is 5.13. The number of rotatable bonds is 4. The summed E-state index contributed by atoms with van der Waals surface area (Å²) >= 11 is 6.00. The molecule has 2 aromatic rings. The Morgan fingerprint density at radius 3 is 2.92 bits per heavy atom. The van der Waals surface area contributed by atoms with Crippen molar-refractivity contribution >= 4 is 34.3 Å². The molecule has 2 N–H and O–H groups in total. The first-order valence-electron chi connectivity index (χ1n) is 8.44. The number of hydrogen-bond acceptors (Lipinski definition) is 2. The van der Waals surface area contributed by atoms with Crippen LogP contribution in [-0.4, -0.2) is 34.3 Å². The number of hydrogen-bond donors (Lipinski definition) is 2. The first-order chi connectivity index (χ1) is 11.6. The highest BCUT2D eigenvalue weighted by molar-refractivity contribution is 6.31. The van der Waals surface area contributed by atoms with Crippen molar-refractivity contribution < 1.29 is 9.59 Å². The highest BCUT2D eigenvalue weighted by atomic mass is 35.5. The van der Waals surface area contributed by atoms with Crippen LogP contribution in [0.3, 0.4) is 0 Å². The number of nitrogens with one attached hydrogen (secondary N) is 2. The Balaban J connectivity index is 1.37. The minimum Gasteiger partial charge on any atom is -0.357 e. The van der Waals surface area contributed by atoms with E-state index in [1.807, 2.05) is 29.2 Å². The van der Waals surface area contributed by atoms with Gasteiger partial charge in [-0.05, 0) is 43.5 Å². The second kappa shape index (κ2) is 6.13. The van der Waals surface area contributed by atoms with Gasteiger partial charge in [-0.25, -0.2) is 0 Å². The maximum atomic E-state index is 12.5. The van der Waals surface area contributed by atoms with E-state index in [-0.39, 0.29) is 17.7 Å². The van der Waals surface area contributed by atoms with Crippen LogP contribution >= 0.6 is 11.6 Å². The van der Waals surface area contributed by atoms with E-state index in [4.69, 9.17) is 11.6 Å². The van der Waals surface area contributed by atoms with Crippen molar-refractivity contribution in [3.05, 3.63) is 35.0 Å². The molecule has 1 unspecified atom stereocenters. The molecule has 4 rings (SSSR count). The number of aromatic nitrogens is 1. The maximum Gasteiger partial charge on any atom is 0.225 e. The van der Waals surface area contributed by atoms with Crippen LogP contribution in [0.1, 0.15) is 31.4 Å². The van der Waals surface area contributed by atoms with E-state index in [0.29, 0.717) is 37.0 Å². The van der Waals surface area contributed by atoms with Gasteiger partial charge < -0.3 is 15.2 Å². The summed E-state index contributed by atoms with van der Waals surface area (Å²) in [6.45, 7) is 1.02. The number of halogens is 1. The van der Waals surface area contributed by atoms with Crippen molar-refractivity contribution in [2.24, 2.45) is 5.92 Å². The van der Waals surface area contributed by atoms with Crippen LogP contribution in [0.4, 0.5) is 0 Å². The zero-order valence-electron chi connectivity index (χ0n) is 13.3. The van der Waals surface area contributed by atoms with Crippen LogP contribution in [0.15, 0.2) is 24.3 Å². The number of nitrogens with zero attached hydrogens (tertiary/aromatic N) is 1. The summed E-state index contributed by atoms with van der Waals surface area (Å²) in [5.41, 5.74) is 1.96. The van der Waals surface area contributed by atoms with E-state index in [0.717, 1.165) is 29.4 Å². The predicted octanol–water partition coefficient (Wildman–Crippen LogP) is 2.84. The molecule has 1 saturated heterocycles. The SMILES string of the molecule is O=C(NCc1cc2cc(Cl)ccc2[nH]1)C1CCC(=O)N(C2CC2)C1. The molecular formula is C18H20ClN3O2. The molecule has 0 radical (unpaired) electrons. The molecule has 126 valence electrons. The van der Waals surface area contributed by atoms with Crippen molar-refractivity contribution in [3.8, 4) is 0 Å². The Kier molecular flexibility index (Phi) is 3.96. The summed E-state index contributed by atoms with van der Waals surface area (Å²) in [4.78, 5) is 29.6. The minimum atomic E-state index is -0.0953. The fourth-order valence-electron chi connectivity index (χ4n) is 3.41. The van der Waals surface area contributed by atoms with Crippen LogP contribution < -0.4 is 5.32 Å². The molecule has 5 nitrogen and oxygen atoms in total. The summed E-state index contributed by atoms with van der Waals surface area (Å²) in [6, 6.07) is 8.06. The first kappa shape index (κ1) is 15.5. The lowest BCUT2D eigenvalue weighted by atomic mass is 9.96. The molecule has 2 aliphatic rings. The molecule has 2 heterocycles. The van der Waals surface area contributed by atoms with Gasteiger partial charge in [-0.3, -0.25) is 9.59 Å². The summed E-state index contributed by atoms with van der Waals surface area (Å²) in [5.74, 6) is 0.140. The predicted molar refractivity (Wildman–Crippen MR) is 92.6 cm³/mol. The molecule has 2 fully saturated rings. The van der Waals surface area contributed by atoms with Gasteiger partial charge >= 0.3 is 0 Å². The van der Waals surface area contributed by atoms with Gasteiger partial charge in [-0.1, -0.05) is 11.6 Å². The molecule has 0 bridgehead atoms. The number of H-pyrrole nitrogens is 1. The number of likely N-dealkylation sites (tertiary alicyclic amines) is 1. The lowest BCUT2D eigenvalue weighted by molar-refractivity contribution is -0.138. The van der Waals surface area contributed by atoms with Gasteiger partial charge in [0.25, 0.3) is 0 Å². The third kappa shape index (κ3) is 3.13. The van der Waals surface area contributed by atoms with Crippen LogP contribution in [0.25, 0.3) is 10.9 Å². The van der Waals surface area contributed by atoms with E-state index >= 15 is 0 Å². The Hall–Kier alpha value is -2.01. The van der Waals surface area contributed by atoms with Gasteiger partial charge in [0.2, 0.25) is 11.8 Å². The summed E-state index contributed by atoms with van der Waals surface area (Å²) in [7, 11) is 0. The smallest absolute Gasteiger partial charge is 0.225 e. The molecule has 1 aliphatic carbocycles. The second-order valence-corrected chi connectivity index (χ2v) is 7.19. The average molecular weight is 346 g/mol. The molecule has 1 atom stereocenters. The van der Waals surface area contributed by atoms with Crippen molar-refractivity contribution in [3.63, 3.8) is 0 Å². The van der Waals surface area contributed by atoms with Crippen LogP contribution in [0.2, 0.25) is 5.02 Å². The molecule has 0 spiro atoms. The summed E-state index contributed by atoms with van der Waals surface area (Å²) < 4.78 is 0. The van der Waals surface area contributed by atoms with Crippen LogP contribution in [0, 0.1) is 5.92 Å². The fraction of sp³-hybridized carbons (Fsp3) is 0.444. The molecule has 1 saturated carbocycles. The normalized spacial score (nSPS) is 21.3. The minimum absolute atomic E-state index is 0.0323. The first-order valence-corrected chi connectivity index (χ1v) is 8.82. The summed E-state index contributed by atoms with van der Waals surface area (Å²) in [5, 5.41) is 4.73. The van der Waals surface area contributed by atoms with Crippen LogP contribution in [-0.2, 0) is 16.1 Å². The Bertz CT molecular complexity index is 797. The van der Waals surface area contributed by atoms with Gasteiger partial charge in [0.05, 0.1) is 12.5 Å². The van der Waals surface area contributed by atoms with Gasteiger partial charge in [0.1, 0.15) is 0 Å². The van der Waals surface area contributed by atoms with E-state index in [1.54, 1.807) is 0 Å². The lowest BCUT2D eigenvalue weighted by Crippen LogP contribution is -2.46. The highest BCUT2D eigenvalue weighted by Gasteiger charge is 2.38. The lowest BCUT2D eigenvalue weighted by Gasteiger charge is -2.32. The zero-order valence-corrected chi connectivity index (χ0v) is 14.1. The molecule has 24 heavy (non-hydrogen) atoms. The standard InChI is InChI=1S/C18H20ClN3O2/c19-13-2-5-16-12(7-13)8-14(21-16)9-20-18(24)11-1-6-17(23)22(10-11)15-3-4-15/h2,5,7-8,11,15,21H,1,3-4,6,9-10H2,(H,20,24). The quantitative estimate of drug-likeness (QED) is 0.894. The number of benzene rings is 1. The number of amides is 2. The van der Waals surface area contributed by atoms with Gasteiger partial charge in [-0.2, -0.15) is 0 Å². The van der Waals surface area contributed by atoms with E-state index in [9.17, 15) is 9.59 Å². The van der Waals surface area contributed by atoms with E-state index in [2.05, 4.69) is 10.3 Å². The monoisotopic (exact) mass is 345 g/mol. The Labute approximate surface area is 145 Å². The third-order valence-electron chi connectivity index (χ3n) is 4.89. The largest absolute Gasteiger partial charge is 0.357 e. The average Bonchev–Trinajstić information content (AvgIpc) is 3.33. The number of carbonyl (C=O) groups excluding carboxylic acids is 2. The maximum absolute atomic E-state index is 12.5. The molecule has 6 heteroatoms. The van der Waals surface area contributed by atoms with E-state index < -0.39 is 0 Å². The second-order valence-electron chi connectivity index (χ2n) is 6.76. The topological polar surface area (TPSA) is 65.2 Å². The number of piperidine rings is 1. The van der Waals surface area contributed by atoms with Crippen LogP contribution in [0.5, 0.6) is 0 Å². The highest BCUT2D eigenvalue weighted by Crippen LogP contribution is 2.31. The molecular weight excluding hydrogens is 326 g/mol.